The van der Waals surface area contributed by atoms with Crippen molar-refractivity contribution in [2.24, 2.45) is 5.84 Å². The van der Waals surface area contributed by atoms with E-state index in [2.05, 4.69) is 21.4 Å². The predicted octanol–water partition coefficient (Wildman–Crippen LogP) is 4.13. The van der Waals surface area contributed by atoms with Gasteiger partial charge in [-0.15, -0.1) is 0 Å². The van der Waals surface area contributed by atoms with E-state index >= 15 is 0 Å². The lowest BCUT2D eigenvalue weighted by molar-refractivity contribution is 0.524. The molecule has 2 aromatic rings. The molecule has 0 saturated heterocycles. The van der Waals surface area contributed by atoms with Crippen molar-refractivity contribution in [3.63, 3.8) is 0 Å². The smallest absolute Gasteiger partial charge is 0.142 e. The van der Waals surface area contributed by atoms with E-state index in [1.165, 1.54) is 18.2 Å². The molecule has 0 radical (unpaired) electrons. The second kappa shape index (κ2) is 6.63. The molecule has 106 valence electrons. The van der Waals surface area contributed by atoms with Crippen molar-refractivity contribution in [2.75, 3.05) is 0 Å². The van der Waals surface area contributed by atoms with Crippen LogP contribution in [-0.4, -0.2) is 0 Å². The Labute approximate surface area is 129 Å². The van der Waals surface area contributed by atoms with Crippen LogP contribution in [0.25, 0.3) is 0 Å². The highest BCUT2D eigenvalue weighted by Gasteiger charge is 2.15. The lowest BCUT2D eigenvalue weighted by Gasteiger charge is -2.17. The molecule has 2 rings (SSSR count). The standard InChI is InChI=1S/C14H12BrClF2N2/c15-10-3-1-8(12(17)7-10)6-14(20-19)9-2-4-11(16)13(18)5-9/h1-5,7,14,20H,6,19H2. The third kappa shape index (κ3) is 3.55. The highest BCUT2D eigenvalue weighted by Crippen LogP contribution is 2.24. The molecular weight excluding hydrogens is 350 g/mol. The van der Waals surface area contributed by atoms with Gasteiger partial charge < -0.3 is 0 Å². The van der Waals surface area contributed by atoms with Crippen molar-refractivity contribution in [1.82, 2.24) is 5.43 Å². The fourth-order valence-electron chi connectivity index (χ4n) is 1.91. The molecule has 3 N–H and O–H groups in total. The molecule has 0 aromatic heterocycles. The van der Waals surface area contributed by atoms with Gasteiger partial charge >= 0.3 is 0 Å². The monoisotopic (exact) mass is 360 g/mol. The van der Waals surface area contributed by atoms with Crippen LogP contribution in [-0.2, 0) is 6.42 Å². The number of nitrogens with two attached hydrogens (primary N) is 1. The van der Waals surface area contributed by atoms with E-state index in [1.807, 2.05) is 0 Å². The Hall–Kier alpha value is -1.01. The summed E-state index contributed by atoms with van der Waals surface area (Å²) >= 11 is 8.84. The number of hydrazine groups is 1. The summed E-state index contributed by atoms with van der Waals surface area (Å²) in [6.07, 6.45) is 0.302. The molecule has 20 heavy (non-hydrogen) atoms. The molecule has 2 nitrogen and oxygen atoms in total. The maximum Gasteiger partial charge on any atom is 0.142 e. The number of rotatable bonds is 4. The van der Waals surface area contributed by atoms with Crippen LogP contribution in [0.2, 0.25) is 5.02 Å². The summed E-state index contributed by atoms with van der Waals surface area (Å²) in [5.74, 6) is 4.62. The summed E-state index contributed by atoms with van der Waals surface area (Å²) in [6.45, 7) is 0. The summed E-state index contributed by atoms with van der Waals surface area (Å²) in [7, 11) is 0. The topological polar surface area (TPSA) is 38.0 Å². The zero-order valence-electron chi connectivity index (χ0n) is 10.3. The van der Waals surface area contributed by atoms with Crippen LogP contribution in [0.5, 0.6) is 0 Å². The Morgan fingerprint density at radius 3 is 2.50 bits per heavy atom. The van der Waals surface area contributed by atoms with Crippen molar-refractivity contribution < 1.29 is 8.78 Å². The highest BCUT2D eigenvalue weighted by atomic mass is 79.9. The van der Waals surface area contributed by atoms with E-state index in [-0.39, 0.29) is 10.8 Å². The molecule has 0 fully saturated rings. The fourth-order valence-corrected chi connectivity index (χ4v) is 2.36. The van der Waals surface area contributed by atoms with E-state index in [0.717, 1.165) is 0 Å². The zero-order chi connectivity index (χ0) is 14.7. The van der Waals surface area contributed by atoms with Gasteiger partial charge in [0.1, 0.15) is 11.6 Å². The van der Waals surface area contributed by atoms with Crippen LogP contribution < -0.4 is 11.3 Å². The number of halogens is 4. The van der Waals surface area contributed by atoms with Gasteiger partial charge in [0, 0.05) is 4.47 Å². The largest absolute Gasteiger partial charge is 0.271 e. The van der Waals surface area contributed by atoms with Gasteiger partial charge in [-0.3, -0.25) is 11.3 Å². The summed E-state index contributed by atoms with van der Waals surface area (Å²) < 4.78 is 27.9. The molecule has 1 atom stereocenters. The molecule has 0 saturated carbocycles. The molecular formula is C14H12BrClF2N2. The van der Waals surface area contributed by atoms with Gasteiger partial charge in [0.15, 0.2) is 0 Å². The quantitative estimate of drug-likeness (QED) is 0.635. The van der Waals surface area contributed by atoms with E-state index in [4.69, 9.17) is 17.4 Å². The summed E-state index contributed by atoms with van der Waals surface area (Å²) in [4.78, 5) is 0. The molecule has 0 heterocycles. The first-order chi connectivity index (χ1) is 9.51. The number of hydrogen-bond acceptors (Lipinski definition) is 2. The van der Waals surface area contributed by atoms with Gasteiger partial charge in [0.2, 0.25) is 0 Å². The van der Waals surface area contributed by atoms with Gasteiger partial charge in [0.05, 0.1) is 11.1 Å². The summed E-state index contributed by atoms with van der Waals surface area (Å²) in [5.41, 5.74) is 3.67. The van der Waals surface area contributed by atoms with Crippen LogP contribution in [0.3, 0.4) is 0 Å². The molecule has 1 unspecified atom stereocenters. The molecule has 0 aliphatic carbocycles. The average molecular weight is 362 g/mol. The lowest BCUT2D eigenvalue weighted by Crippen LogP contribution is -2.29. The minimum atomic E-state index is -0.527. The Kier molecular flexibility index (Phi) is 5.10. The molecule has 0 aliphatic rings. The van der Waals surface area contributed by atoms with Gasteiger partial charge in [0.25, 0.3) is 0 Å². The molecule has 6 heteroatoms. The van der Waals surface area contributed by atoms with E-state index in [9.17, 15) is 8.78 Å². The molecule has 2 aromatic carbocycles. The van der Waals surface area contributed by atoms with E-state index in [1.54, 1.807) is 18.2 Å². The summed E-state index contributed by atoms with van der Waals surface area (Å²) in [5, 5.41) is 0.0411. The third-order valence-electron chi connectivity index (χ3n) is 2.99. The van der Waals surface area contributed by atoms with Crippen molar-refractivity contribution in [3.05, 3.63) is 68.7 Å². The maximum absolute atomic E-state index is 13.8. The number of nitrogens with one attached hydrogen (secondary N) is 1. The van der Waals surface area contributed by atoms with Crippen LogP contribution in [0, 0.1) is 11.6 Å². The Morgan fingerprint density at radius 2 is 1.90 bits per heavy atom. The third-order valence-corrected chi connectivity index (χ3v) is 3.79. The van der Waals surface area contributed by atoms with Crippen LogP contribution in [0.15, 0.2) is 40.9 Å². The Morgan fingerprint density at radius 1 is 1.15 bits per heavy atom. The van der Waals surface area contributed by atoms with Crippen molar-refractivity contribution in [3.8, 4) is 0 Å². The van der Waals surface area contributed by atoms with Crippen LogP contribution >= 0.6 is 27.5 Å². The minimum Gasteiger partial charge on any atom is -0.271 e. The lowest BCUT2D eigenvalue weighted by atomic mass is 9.99. The van der Waals surface area contributed by atoms with Crippen LogP contribution in [0.1, 0.15) is 17.2 Å². The van der Waals surface area contributed by atoms with E-state index < -0.39 is 11.9 Å². The van der Waals surface area contributed by atoms with Crippen molar-refractivity contribution >= 4 is 27.5 Å². The van der Waals surface area contributed by atoms with E-state index in [0.29, 0.717) is 22.0 Å². The average Bonchev–Trinajstić information content (AvgIpc) is 2.41. The number of hydrogen-bond donors (Lipinski definition) is 2. The van der Waals surface area contributed by atoms with Gasteiger partial charge in [-0.25, -0.2) is 8.78 Å². The molecule has 0 amide bonds. The Bertz CT molecular complexity index is 622. The van der Waals surface area contributed by atoms with Gasteiger partial charge in [-0.1, -0.05) is 39.7 Å². The molecule has 0 spiro atoms. The van der Waals surface area contributed by atoms with Crippen LogP contribution in [0.4, 0.5) is 8.78 Å². The van der Waals surface area contributed by atoms with Crippen molar-refractivity contribution in [1.29, 1.82) is 0 Å². The predicted molar refractivity (Wildman–Crippen MR) is 79.3 cm³/mol. The number of benzene rings is 2. The first kappa shape index (κ1) is 15.4. The molecule has 0 bridgehead atoms. The van der Waals surface area contributed by atoms with Gasteiger partial charge in [-0.2, -0.15) is 0 Å². The Balaban J connectivity index is 2.26. The first-order valence-electron chi connectivity index (χ1n) is 5.86. The maximum atomic E-state index is 13.8. The normalized spacial score (nSPS) is 12.4. The highest BCUT2D eigenvalue weighted by molar-refractivity contribution is 9.10. The second-order valence-electron chi connectivity index (χ2n) is 4.33. The van der Waals surface area contributed by atoms with Crippen molar-refractivity contribution in [2.45, 2.75) is 12.5 Å². The minimum absolute atomic E-state index is 0.0411. The van der Waals surface area contributed by atoms with Gasteiger partial charge in [-0.05, 0) is 41.8 Å². The molecule has 0 aliphatic heterocycles. The fraction of sp³-hybridized carbons (Fsp3) is 0.143. The second-order valence-corrected chi connectivity index (χ2v) is 5.66. The first-order valence-corrected chi connectivity index (χ1v) is 7.03. The zero-order valence-corrected chi connectivity index (χ0v) is 12.7. The SMILES string of the molecule is NNC(Cc1ccc(Br)cc1F)c1ccc(Cl)c(F)c1. The summed E-state index contributed by atoms with van der Waals surface area (Å²) in [6, 6.07) is 8.79.